The molecule has 0 aliphatic carbocycles. The molecule has 0 nitrogen and oxygen atoms in total. The van der Waals surface area contributed by atoms with E-state index >= 15 is 0 Å². The molecule has 0 saturated carbocycles. The van der Waals surface area contributed by atoms with Crippen molar-refractivity contribution >= 4 is 43.2 Å². The minimum atomic E-state index is 0.237. The highest BCUT2D eigenvalue weighted by Gasteiger charge is 2.18. The Morgan fingerprint density at radius 3 is 2.00 bits per heavy atom. The van der Waals surface area contributed by atoms with Crippen LogP contribution in [0.15, 0.2) is 13.6 Å². The van der Waals surface area contributed by atoms with E-state index in [9.17, 15) is 0 Å². The minimum absolute atomic E-state index is 0.237. The Kier molecular flexibility index (Phi) is 2.83. The van der Waals surface area contributed by atoms with Crippen LogP contribution < -0.4 is 0 Å². The van der Waals surface area contributed by atoms with Gasteiger partial charge < -0.3 is 0 Å². The second-order valence-electron chi connectivity index (χ2n) is 3.49. The normalized spacial score (nSPS) is 12.1. The Hall–Kier alpha value is 0.660. The van der Waals surface area contributed by atoms with Crippen LogP contribution in [0.4, 0.5) is 0 Å². The lowest BCUT2D eigenvalue weighted by molar-refractivity contribution is 0.590. The highest BCUT2D eigenvalue weighted by atomic mass is 79.9. The molecule has 0 amide bonds. The Morgan fingerprint density at radius 1 is 1.27 bits per heavy atom. The number of rotatable bonds is 0. The van der Waals surface area contributed by atoms with E-state index < -0.39 is 0 Å². The van der Waals surface area contributed by atoms with Crippen molar-refractivity contribution < 1.29 is 0 Å². The van der Waals surface area contributed by atoms with Gasteiger partial charge in [-0.05, 0) is 48.9 Å². The van der Waals surface area contributed by atoms with Gasteiger partial charge >= 0.3 is 0 Å². The van der Waals surface area contributed by atoms with E-state index in [4.69, 9.17) is 0 Å². The Balaban J connectivity index is 3.13. The summed E-state index contributed by atoms with van der Waals surface area (Å²) in [4.78, 5) is 0. The molecule has 0 N–H and O–H groups in total. The van der Waals surface area contributed by atoms with Crippen LogP contribution in [0.3, 0.4) is 0 Å². The third-order valence-corrected chi connectivity index (χ3v) is 3.80. The van der Waals surface area contributed by atoms with Crippen molar-refractivity contribution in [3.8, 4) is 0 Å². The molecule has 1 heterocycles. The predicted octanol–water partition coefficient (Wildman–Crippen LogP) is 4.57. The van der Waals surface area contributed by atoms with Gasteiger partial charge in [0.1, 0.15) is 0 Å². The molecule has 0 fully saturated rings. The summed E-state index contributed by atoms with van der Waals surface area (Å²) < 4.78 is 2.42. The molecule has 1 aromatic rings. The minimum Gasteiger partial charge on any atom is -0.121 e. The highest BCUT2D eigenvalue weighted by molar-refractivity contribution is 9.12. The van der Waals surface area contributed by atoms with E-state index in [2.05, 4.69) is 58.7 Å². The van der Waals surface area contributed by atoms with Crippen molar-refractivity contribution in [3.63, 3.8) is 0 Å². The maximum atomic E-state index is 3.54. The van der Waals surface area contributed by atoms with Crippen molar-refractivity contribution in [2.75, 3.05) is 0 Å². The summed E-state index contributed by atoms with van der Waals surface area (Å²) in [5.74, 6) is 0. The van der Waals surface area contributed by atoms with E-state index in [-0.39, 0.29) is 5.41 Å². The zero-order valence-electron chi connectivity index (χ0n) is 6.74. The molecule has 62 valence electrons. The van der Waals surface area contributed by atoms with Gasteiger partial charge in [0.15, 0.2) is 0 Å². The number of hydrogen-bond donors (Lipinski definition) is 0. The van der Waals surface area contributed by atoms with E-state index in [1.54, 1.807) is 11.3 Å². The van der Waals surface area contributed by atoms with Gasteiger partial charge in [-0.2, -0.15) is 0 Å². The average molecular weight is 298 g/mol. The fourth-order valence-corrected chi connectivity index (χ4v) is 4.27. The number of hydrogen-bond acceptors (Lipinski definition) is 1. The van der Waals surface area contributed by atoms with Crippen molar-refractivity contribution in [2.45, 2.75) is 26.2 Å². The molecule has 1 aromatic heterocycles. The van der Waals surface area contributed by atoms with Crippen LogP contribution >= 0.6 is 43.2 Å². The summed E-state index contributed by atoms with van der Waals surface area (Å²) in [6.45, 7) is 6.64. The third kappa shape index (κ3) is 2.30. The molecule has 0 aliphatic heterocycles. The van der Waals surface area contributed by atoms with Gasteiger partial charge in [-0.1, -0.05) is 20.8 Å². The molecule has 0 radical (unpaired) electrons. The average Bonchev–Trinajstić information content (AvgIpc) is 2.08. The van der Waals surface area contributed by atoms with Gasteiger partial charge in [0.2, 0.25) is 0 Å². The van der Waals surface area contributed by atoms with Gasteiger partial charge in [-0.25, -0.2) is 0 Å². The van der Waals surface area contributed by atoms with Crippen molar-refractivity contribution in [3.05, 3.63) is 19.2 Å². The lowest BCUT2D eigenvalue weighted by Gasteiger charge is -2.17. The lowest BCUT2D eigenvalue weighted by atomic mass is 9.90. The van der Waals surface area contributed by atoms with Crippen LogP contribution in [-0.2, 0) is 5.41 Å². The first-order chi connectivity index (χ1) is 4.91. The lowest BCUT2D eigenvalue weighted by Crippen LogP contribution is -2.09. The molecule has 3 heteroatoms. The largest absolute Gasteiger partial charge is 0.121 e. The SMILES string of the molecule is CC(C)(C)c1cc(Br)sc1Br. The first-order valence-corrected chi connectivity index (χ1v) is 5.77. The second-order valence-corrected chi connectivity index (χ2v) is 7.24. The van der Waals surface area contributed by atoms with Crippen LogP contribution in [0.25, 0.3) is 0 Å². The van der Waals surface area contributed by atoms with E-state index in [0.717, 1.165) is 0 Å². The molecular weight excluding hydrogens is 288 g/mol. The zero-order chi connectivity index (χ0) is 8.65. The standard InChI is InChI=1S/C8H10Br2S/c1-8(2,3)5-4-6(9)11-7(5)10/h4H,1-3H3. The predicted molar refractivity (Wildman–Crippen MR) is 58.4 cm³/mol. The van der Waals surface area contributed by atoms with Gasteiger partial charge in [0, 0.05) is 0 Å². The summed E-state index contributed by atoms with van der Waals surface area (Å²) in [6.07, 6.45) is 0. The summed E-state index contributed by atoms with van der Waals surface area (Å²) in [7, 11) is 0. The van der Waals surface area contributed by atoms with Crippen molar-refractivity contribution in [2.24, 2.45) is 0 Å². The second kappa shape index (κ2) is 3.19. The highest BCUT2D eigenvalue weighted by Crippen LogP contribution is 2.38. The first kappa shape index (κ1) is 9.75. The smallest absolute Gasteiger partial charge is 0.0747 e. The molecule has 0 bridgehead atoms. The maximum Gasteiger partial charge on any atom is 0.0747 e. The van der Waals surface area contributed by atoms with Crippen molar-refractivity contribution in [1.82, 2.24) is 0 Å². The fraction of sp³-hybridized carbons (Fsp3) is 0.500. The zero-order valence-corrected chi connectivity index (χ0v) is 10.7. The van der Waals surface area contributed by atoms with E-state index in [1.165, 1.54) is 13.1 Å². The van der Waals surface area contributed by atoms with Gasteiger partial charge in [0.05, 0.1) is 7.57 Å². The van der Waals surface area contributed by atoms with Gasteiger partial charge in [-0.15, -0.1) is 11.3 Å². The molecule has 0 unspecified atom stereocenters. The summed E-state index contributed by atoms with van der Waals surface area (Å²) in [5, 5.41) is 0. The topological polar surface area (TPSA) is 0 Å². The van der Waals surface area contributed by atoms with Gasteiger partial charge in [0.25, 0.3) is 0 Å². The van der Waals surface area contributed by atoms with Crippen molar-refractivity contribution in [1.29, 1.82) is 0 Å². The monoisotopic (exact) mass is 296 g/mol. The Labute approximate surface area is 88.3 Å². The third-order valence-electron chi connectivity index (χ3n) is 1.46. The van der Waals surface area contributed by atoms with Crippen LogP contribution in [0.2, 0.25) is 0 Å². The quantitative estimate of drug-likeness (QED) is 0.658. The summed E-state index contributed by atoms with van der Waals surface area (Å²) >= 11 is 8.73. The molecule has 0 aromatic carbocycles. The molecule has 1 rings (SSSR count). The summed E-state index contributed by atoms with van der Waals surface area (Å²) in [6, 6.07) is 2.18. The number of thiophene rings is 1. The molecule has 0 spiro atoms. The van der Waals surface area contributed by atoms with E-state index in [0.29, 0.717) is 0 Å². The van der Waals surface area contributed by atoms with Crippen LogP contribution in [0, 0.1) is 0 Å². The maximum absolute atomic E-state index is 3.54. The van der Waals surface area contributed by atoms with Crippen LogP contribution in [0.1, 0.15) is 26.3 Å². The Morgan fingerprint density at radius 2 is 1.82 bits per heavy atom. The summed E-state index contributed by atoms with van der Waals surface area (Å²) in [5.41, 5.74) is 1.61. The first-order valence-electron chi connectivity index (χ1n) is 3.36. The fourth-order valence-electron chi connectivity index (χ4n) is 0.852. The number of halogens is 2. The Bertz CT molecular complexity index is 258. The molecule has 0 saturated heterocycles. The van der Waals surface area contributed by atoms with E-state index in [1.807, 2.05) is 0 Å². The molecular formula is C8H10Br2S. The molecule has 0 aliphatic rings. The van der Waals surface area contributed by atoms with Gasteiger partial charge in [-0.3, -0.25) is 0 Å². The molecule has 11 heavy (non-hydrogen) atoms. The van der Waals surface area contributed by atoms with Crippen LogP contribution in [-0.4, -0.2) is 0 Å². The molecule has 0 atom stereocenters. The van der Waals surface area contributed by atoms with Crippen LogP contribution in [0.5, 0.6) is 0 Å².